The molecule has 4 aromatic rings. The van der Waals surface area contributed by atoms with Crippen molar-refractivity contribution in [2.45, 2.75) is 18.5 Å². The molecule has 1 aromatic heterocycles. The molecule has 1 N–H and O–H groups in total. The molecule has 0 aliphatic carbocycles. The molecule has 0 bridgehead atoms. The minimum atomic E-state index is -0.0929. The fourth-order valence-corrected chi connectivity index (χ4v) is 4.13. The highest BCUT2D eigenvalue weighted by atomic mass is 32.2. The second-order valence-electron chi connectivity index (χ2n) is 7.07. The topological polar surface area (TPSA) is 69.0 Å². The van der Waals surface area contributed by atoms with Gasteiger partial charge in [-0.3, -0.25) is 9.36 Å². The minimum Gasteiger partial charge on any atom is -0.496 e. The number of para-hydroxylation sites is 2. The summed E-state index contributed by atoms with van der Waals surface area (Å²) in [4.78, 5) is 12.6. The van der Waals surface area contributed by atoms with Gasteiger partial charge in [-0.1, -0.05) is 61.2 Å². The average molecular weight is 445 g/mol. The fraction of sp³-hybridized carbons (Fsp3) is 0.160. The number of carbonyl (C=O) groups excluding carboxylic acids is 1. The maximum Gasteiger partial charge on any atom is 0.234 e. The molecule has 162 valence electrons. The van der Waals surface area contributed by atoms with Crippen molar-refractivity contribution in [3.63, 3.8) is 0 Å². The lowest BCUT2D eigenvalue weighted by molar-refractivity contribution is -0.113. The number of thioether (sulfide) groups is 1. The third kappa shape index (κ3) is 4.84. The first kappa shape index (κ1) is 21.6. The largest absolute Gasteiger partial charge is 0.496 e. The molecule has 0 aliphatic rings. The number of nitrogens with zero attached hydrogens (tertiary/aromatic N) is 3. The van der Waals surface area contributed by atoms with Crippen LogP contribution in [0.5, 0.6) is 5.75 Å². The quantitative estimate of drug-likeness (QED) is 0.377. The molecule has 3 aromatic carbocycles. The van der Waals surface area contributed by atoms with Gasteiger partial charge in [0.05, 0.1) is 18.4 Å². The molecule has 6 nitrogen and oxygen atoms in total. The number of hydrogen-bond acceptors (Lipinski definition) is 5. The normalized spacial score (nSPS) is 10.7. The van der Waals surface area contributed by atoms with E-state index in [1.54, 1.807) is 7.11 Å². The summed E-state index contributed by atoms with van der Waals surface area (Å²) in [5.41, 5.74) is 3.73. The number of carbonyl (C=O) groups is 1. The summed E-state index contributed by atoms with van der Waals surface area (Å²) in [7, 11) is 1.63. The molecule has 7 heteroatoms. The first-order chi connectivity index (χ1) is 15.7. The zero-order valence-electron chi connectivity index (χ0n) is 18.0. The van der Waals surface area contributed by atoms with Gasteiger partial charge in [-0.2, -0.15) is 0 Å². The molecular weight excluding hydrogens is 420 g/mol. The lowest BCUT2D eigenvalue weighted by Crippen LogP contribution is -2.14. The molecule has 0 atom stereocenters. The number of rotatable bonds is 8. The summed E-state index contributed by atoms with van der Waals surface area (Å²) in [5.74, 6) is 1.49. The number of aryl methyl sites for hydroxylation is 1. The first-order valence-electron chi connectivity index (χ1n) is 10.4. The Kier molecular flexibility index (Phi) is 6.87. The Morgan fingerprint density at radius 3 is 2.56 bits per heavy atom. The minimum absolute atomic E-state index is 0.0929. The highest BCUT2D eigenvalue weighted by Gasteiger charge is 2.19. The van der Waals surface area contributed by atoms with Crippen LogP contribution in [0.25, 0.3) is 17.1 Å². The van der Waals surface area contributed by atoms with E-state index in [0.29, 0.717) is 16.7 Å². The van der Waals surface area contributed by atoms with E-state index in [-0.39, 0.29) is 11.7 Å². The van der Waals surface area contributed by atoms with Crippen molar-refractivity contribution in [1.82, 2.24) is 14.8 Å². The van der Waals surface area contributed by atoms with Crippen molar-refractivity contribution in [2.24, 2.45) is 0 Å². The van der Waals surface area contributed by atoms with Crippen LogP contribution in [0.4, 0.5) is 5.69 Å². The van der Waals surface area contributed by atoms with E-state index >= 15 is 0 Å². The summed E-state index contributed by atoms with van der Waals surface area (Å²) >= 11 is 1.34. The van der Waals surface area contributed by atoms with Crippen molar-refractivity contribution in [2.75, 3.05) is 18.2 Å². The Labute approximate surface area is 191 Å². The van der Waals surface area contributed by atoms with Gasteiger partial charge >= 0.3 is 0 Å². The van der Waals surface area contributed by atoms with Crippen molar-refractivity contribution in [3.05, 3.63) is 84.4 Å². The number of methoxy groups -OCH3 is 1. The van der Waals surface area contributed by atoms with Crippen LogP contribution >= 0.6 is 11.8 Å². The number of anilines is 1. The zero-order valence-corrected chi connectivity index (χ0v) is 18.8. The Bertz CT molecular complexity index is 1210. The van der Waals surface area contributed by atoms with Gasteiger partial charge in [-0.05, 0) is 48.4 Å². The van der Waals surface area contributed by atoms with Gasteiger partial charge in [0, 0.05) is 11.4 Å². The SMILES string of the molecule is CCc1cccc(NC(=O)CSc2nnc(-c3ccccc3OC)n2-c2ccccc2)c1. The first-order valence-corrected chi connectivity index (χ1v) is 11.3. The van der Waals surface area contributed by atoms with Gasteiger partial charge in [-0.15, -0.1) is 10.2 Å². The molecule has 0 spiro atoms. The lowest BCUT2D eigenvalue weighted by Gasteiger charge is -2.12. The van der Waals surface area contributed by atoms with Gasteiger partial charge in [0.1, 0.15) is 5.75 Å². The molecule has 1 amide bonds. The number of hydrogen-bond donors (Lipinski definition) is 1. The molecule has 0 fully saturated rings. The van der Waals surface area contributed by atoms with Crippen molar-refractivity contribution in [3.8, 4) is 22.8 Å². The van der Waals surface area contributed by atoms with Crippen LogP contribution < -0.4 is 10.1 Å². The van der Waals surface area contributed by atoms with Gasteiger partial charge in [-0.25, -0.2) is 0 Å². The zero-order chi connectivity index (χ0) is 22.3. The van der Waals surface area contributed by atoms with Crippen LogP contribution in [0, 0.1) is 0 Å². The summed E-state index contributed by atoms with van der Waals surface area (Å²) in [6, 6.07) is 25.4. The van der Waals surface area contributed by atoms with Crippen LogP contribution in [-0.4, -0.2) is 33.5 Å². The Balaban J connectivity index is 1.60. The van der Waals surface area contributed by atoms with Crippen molar-refractivity contribution in [1.29, 1.82) is 0 Å². The summed E-state index contributed by atoms with van der Waals surface area (Å²) in [6.07, 6.45) is 0.921. The maximum absolute atomic E-state index is 12.6. The van der Waals surface area contributed by atoms with Crippen LogP contribution in [-0.2, 0) is 11.2 Å². The van der Waals surface area contributed by atoms with Crippen LogP contribution in [0.2, 0.25) is 0 Å². The monoisotopic (exact) mass is 444 g/mol. The smallest absolute Gasteiger partial charge is 0.234 e. The number of benzene rings is 3. The molecule has 1 heterocycles. The van der Waals surface area contributed by atoms with Gasteiger partial charge in [0.25, 0.3) is 0 Å². The Hall–Kier alpha value is -3.58. The highest BCUT2D eigenvalue weighted by molar-refractivity contribution is 7.99. The van der Waals surface area contributed by atoms with E-state index < -0.39 is 0 Å². The number of ether oxygens (including phenoxy) is 1. The predicted molar refractivity (Wildman–Crippen MR) is 129 cm³/mol. The Morgan fingerprint density at radius 2 is 1.78 bits per heavy atom. The van der Waals surface area contributed by atoms with Crippen molar-refractivity contribution >= 4 is 23.4 Å². The third-order valence-corrected chi connectivity index (χ3v) is 5.88. The van der Waals surface area contributed by atoms with E-state index in [2.05, 4.69) is 22.4 Å². The van der Waals surface area contributed by atoms with Crippen LogP contribution in [0.3, 0.4) is 0 Å². The summed E-state index contributed by atoms with van der Waals surface area (Å²) < 4.78 is 7.48. The second-order valence-corrected chi connectivity index (χ2v) is 8.01. The standard InChI is InChI=1S/C25H24N4O2S/c1-3-18-10-9-11-19(16-18)26-23(30)17-32-25-28-27-24(21-14-7-8-15-22(21)31-2)29(25)20-12-5-4-6-13-20/h4-16H,3,17H2,1-2H3,(H,26,30). The van der Waals surface area contributed by atoms with Gasteiger partial charge < -0.3 is 10.1 Å². The molecule has 4 rings (SSSR count). The van der Waals surface area contributed by atoms with Crippen LogP contribution in [0.1, 0.15) is 12.5 Å². The van der Waals surface area contributed by atoms with E-state index in [9.17, 15) is 4.79 Å². The summed E-state index contributed by atoms with van der Waals surface area (Å²) in [6.45, 7) is 2.09. The highest BCUT2D eigenvalue weighted by Crippen LogP contribution is 2.33. The number of amides is 1. The molecule has 0 saturated carbocycles. The molecule has 0 unspecified atom stereocenters. The van der Waals surface area contributed by atoms with Crippen molar-refractivity contribution < 1.29 is 9.53 Å². The molecule has 32 heavy (non-hydrogen) atoms. The van der Waals surface area contributed by atoms with E-state index in [0.717, 1.165) is 23.4 Å². The lowest BCUT2D eigenvalue weighted by atomic mass is 10.1. The molecule has 0 aliphatic heterocycles. The van der Waals surface area contributed by atoms with Crippen LogP contribution in [0.15, 0.2) is 84.0 Å². The van der Waals surface area contributed by atoms with E-state index in [1.165, 1.54) is 17.3 Å². The third-order valence-electron chi connectivity index (χ3n) is 4.95. The number of aromatic nitrogens is 3. The van der Waals surface area contributed by atoms with E-state index in [1.807, 2.05) is 83.4 Å². The molecule has 0 saturated heterocycles. The average Bonchev–Trinajstić information content (AvgIpc) is 3.27. The Morgan fingerprint density at radius 1 is 1.00 bits per heavy atom. The second kappa shape index (κ2) is 10.2. The predicted octanol–water partition coefficient (Wildman–Crippen LogP) is 5.24. The maximum atomic E-state index is 12.6. The number of nitrogens with one attached hydrogen (secondary N) is 1. The summed E-state index contributed by atoms with van der Waals surface area (Å²) in [5, 5.41) is 12.4. The van der Waals surface area contributed by atoms with Gasteiger partial charge in [0.2, 0.25) is 5.91 Å². The van der Waals surface area contributed by atoms with Gasteiger partial charge in [0.15, 0.2) is 11.0 Å². The fourth-order valence-electron chi connectivity index (χ4n) is 3.37. The van der Waals surface area contributed by atoms with E-state index in [4.69, 9.17) is 4.74 Å². The molecule has 0 radical (unpaired) electrons. The molecular formula is C25H24N4O2S.